The summed E-state index contributed by atoms with van der Waals surface area (Å²) < 4.78 is 5.48. The molecule has 5 nitrogen and oxygen atoms in total. The maximum atomic E-state index is 12.3. The number of carbonyl (C=O) groups is 2. The van der Waals surface area contributed by atoms with Crippen LogP contribution in [-0.4, -0.2) is 53.6 Å². The van der Waals surface area contributed by atoms with E-state index in [0.717, 1.165) is 12.0 Å². The molecule has 1 saturated carbocycles. The first kappa shape index (κ1) is 15.8. The van der Waals surface area contributed by atoms with Gasteiger partial charge >= 0.3 is 6.09 Å². The lowest BCUT2D eigenvalue weighted by Crippen LogP contribution is -2.40. The third-order valence-corrected chi connectivity index (χ3v) is 5.40. The molecule has 2 saturated heterocycles. The summed E-state index contributed by atoms with van der Waals surface area (Å²) >= 11 is 6.01. The Hall–Kier alpha value is -1.75. The number of carbonyl (C=O) groups excluding carboxylic acids is 2. The molecule has 6 heteroatoms. The Morgan fingerprint density at radius 3 is 2.88 bits per heavy atom. The van der Waals surface area contributed by atoms with Crippen molar-refractivity contribution in [3.63, 3.8) is 0 Å². The average Bonchev–Trinajstić information content (AvgIpc) is 3.18. The highest BCUT2D eigenvalue weighted by molar-refractivity contribution is 6.30. The standard InChI is InChI=1S/C18H21ClN2O3/c19-14-3-1-2-12(8-14)6-7-21-15-10-20(11-16(15)24-18(21)23)17(22)9-13-4-5-13/h1-3,8,13,15-16H,4-7,9-11H2/t15-,16+/m0/s1. The van der Waals surface area contributed by atoms with E-state index >= 15 is 0 Å². The molecule has 1 aromatic carbocycles. The van der Waals surface area contributed by atoms with Crippen LogP contribution in [-0.2, 0) is 16.0 Å². The highest BCUT2D eigenvalue weighted by Gasteiger charge is 2.48. The highest BCUT2D eigenvalue weighted by Crippen LogP contribution is 2.34. The number of nitrogens with zero attached hydrogens (tertiary/aromatic N) is 2. The number of halogens is 1. The van der Waals surface area contributed by atoms with Crippen molar-refractivity contribution >= 4 is 23.6 Å². The summed E-state index contributed by atoms with van der Waals surface area (Å²) in [5.74, 6) is 0.789. The molecule has 0 spiro atoms. The van der Waals surface area contributed by atoms with Crippen molar-refractivity contribution in [1.82, 2.24) is 9.80 Å². The summed E-state index contributed by atoms with van der Waals surface area (Å²) in [4.78, 5) is 28.0. The van der Waals surface area contributed by atoms with Gasteiger partial charge in [0.25, 0.3) is 0 Å². The molecular formula is C18H21ClN2O3. The quantitative estimate of drug-likeness (QED) is 0.822. The van der Waals surface area contributed by atoms with Crippen molar-refractivity contribution in [2.45, 2.75) is 37.8 Å². The molecule has 1 aliphatic carbocycles. The molecule has 0 unspecified atom stereocenters. The van der Waals surface area contributed by atoms with Gasteiger partial charge in [0.2, 0.25) is 5.91 Å². The van der Waals surface area contributed by atoms with Crippen molar-refractivity contribution < 1.29 is 14.3 Å². The molecule has 3 fully saturated rings. The lowest BCUT2D eigenvalue weighted by atomic mass is 10.1. The number of likely N-dealkylation sites (tertiary alicyclic amines) is 1. The van der Waals surface area contributed by atoms with Gasteiger partial charge in [-0.15, -0.1) is 0 Å². The smallest absolute Gasteiger partial charge is 0.410 e. The van der Waals surface area contributed by atoms with Gasteiger partial charge in [-0.3, -0.25) is 9.69 Å². The second-order valence-electron chi connectivity index (χ2n) is 7.01. The van der Waals surface area contributed by atoms with Crippen LogP contribution in [0.3, 0.4) is 0 Å². The summed E-state index contributed by atoms with van der Waals surface area (Å²) in [6, 6.07) is 7.66. The Labute approximate surface area is 146 Å². The van der Waals surface area contributed by atoms with E-state index in [2.05, 4.69) is 0 Å². The van der Waals surface area contributed by atoms with Gasteiger partial charge < -0.3 is 9.64 Å². The molecule has 4 rings (SSSR count). The van der Waals surface area contributed by atoms with E-state index < -0.39 is 0 Å². The minimum atomic E-state index is -0.263. The molecule has 3 aliphatic rings. The third kappa shape index (κ3) is 3.22. The SMILES string of the molecule is O=C(CC1CC1)N1C[C@H]2OC(=O)N(CCc3cccc(Cl)c3)[C@H]2C1. The topological polar surface area (TPSA) is 49.9 Å². The fraction of sp³-hybridized carbons (Fsp3) is 0.556. The predicted molar refractivity (Wildman–Crippen MR) is 89.8 cm³/mol. The van der Waals surface area contributed by atoms with E-state index in [1.807, 2.05) is 29.2 Å². The zero-order valence-electron chi connectivity index (χ0n) is 13.5. The van der Waals surface area contributed by atoms with Crippen LogP contribution >= 0.6 is 11.6 Å². The first-order valence-electron chi connectivity index (χ1n) is 8.59. The lowest BCUT2D eigenvalue weighted by molar-refractivity contribution is -0.131. The van der Waals surface area contributed by atoms with Crippen molar-refractivity contribution in [1.29, 1.82) is 0 Å². The van der Waals surface area contributed by atoms with Gasteiger partial charge in [0.1, 0.15) is 6.10 Å². The summed E-state index contributed by atoms with van der Waals surface area (Å²) in [5.41, 5.74) is 1.10. The minimum Gasteiger partial charge on any atom is -0.442 e. The van der Waals surface area contributed by atoms with Crippen molar-refractivity contribution in [3.8, 4) is 0 Å². The fourth-order valence-electron chi connectivity index (χ4n) is 3.61. The highest BCUT2D eigenvalue weighted by atomic mass is 35.5. The maximum Gasteiger partial charge on any atom is 0.410 e. The van der Waals surface area contributed by atoms with E-state index in [4.69, 9.17) is 16.3 Å². The Bertz CT molecular complexity index is 661. The number of ether oxygens (including phenoxy) is 1. The monoisotopic (exact) mass is 348 g/mol. The van der Waals surface area contributed by atoms with Gasteiger partial charge in [-0.1, -0.05) is 23.7 Å². The molecule has 0 radical (unpaired) electrons. The van der Waals surface area contributed by atoms with Gasteiger partial charge in [-0.2, -0.15) is 0 Å². The predicted octanol–water partition coefficient (Wildman–Crippen LogP) is 2.71. The van der Waals surface area contributed by atoms with E-state index in [0.29, 0.717) is 37.0 Å². The number of amides is 2. The van der Waals surface area contributed by atoms with E-state index in [9.17, 15) is 9.59 Å². The van der Waals surface area contributed by atoms with Gasteiger partial charge in [-0.05, 0) is 42.9 Å². The molecule has 128 valence electrons. The van der Waals surface area contributed by atoms with Gasteiger partial charge in [0.05, 0.1) is 12.6 Å². The number of hydrogen-bond donors (Lipinski definition) is 0. The van der Waals surface area contributed by atoms with Crippen LogP contribution in [0.4, 0.5) is 4.79 Å². The van der Waals surface area contributed by atoms with Gasteiger partial charge in [0.15, 0.2) is 0 Å². The molecule has 0 bridgehead atoms. The summed E-state index contributed by atoms with van der Waals surface area (Å²) in [6.45, 7) is 1.72. The molecule has 2 aliphatic heterocycles. The van der Waals surface area contributed by atoms with Crippen LogP contribution in [0.2, 0.25) is 5.02 Å². The van der Waals surface area contributed by atoms with Crippen molar-refractivity contribution in [3.05, 3.63) is 34.9 Å². The Morgan fingerprint density at radius 2 is 2.12 bits per heavy atom. The van der Waals surface area contributed by atoms with E-state index in [1.165, 1.54) is 12.8 Å². The molecular weight excluding hydrogens is 328 g/mol. The normalized spacial score (nSPS) is 25.8. The zero-order valence-corrected chi connectivity index (χ0v) is 14.2. The summed E-state index contributed by atoms with van der Waals surface area (Å²) in [7, 11) is 0. The molecule has 2 heterocycles. The zero-order chi connectivity index (χ0) is 16.7. The largest absolute Gasteiger partial charge is 0.442 e. The fourth-order valence-corrected chi connectivity index (χ4v) is 3.82. The Balaban J connectivity index is 1.36. The molecule has 2 amide bonds. The first-order valence-corrected chi connectivity index (χ1v) is 8.97. The van der Waals surface area contributed by atoms with Crippen molar-refractivity contribution in [2.24, 2.45) is 5.92 Å². The lowest BCUT2D eigenvalue weighted by Gasteiger charge is -2.22. The summed E-state index contributed by atoms with van der Waals surface area (Å²) in [6.07, 6.45) is 3.28. The van der Waals surface area contributed by atoms with Crippen LogP contribution in [0.25, 0.3) is 0 Å². The second kappa shape index (κ2) is 6.28. The average molecular weight is 349 g/mol. The molecule has 0 N–H and O–H groups in total. The van der Waals surface area contributed by atoms with Crippen molar-refractivity contribution in [2.75, 3.05) is 19.6 Å². The maximum absolute atomic E-state index is 12.3. The second-order valence-corrected chi connectivity index (χ2v) is 7.45. The Morgan fingerprint density at radius 1 is 1.29 bits per heavy atom. The molecule has 2 atom stereocenters. The number of rotatable bonds is 5. The van der Waals surface area contributed by atoms with E-state index in [-0.39, 0.29) is 24.1 Å². The molecule has 24 heavy (non-hydrogen) atoms. The number of fused-ring (bicyclic) bond motifs is 1. The number of hydrogen-bond acceptors (Lipinski definition) is 3. The van der Waals surface area contributed by atoms with Crippen LogP contribution < -0.4 is 0 Å². The van der Waals surface area contributed by atoms with Crippen LogP contribution in [0.1, 0.15) is 24.8 Å². The van der Waals surface area contributed by atoms with Crippen LogP contribution in [0.15, 0.2) is 24.3 Å². The van der Waals surface area contributed by atoms with Crippen LogP contribution in [0, 0.1) is 5.92 Å². The Kier molecular flexibility index (Phi) is 4.12. The van der Waals surface area contributed by atoms with Crippen LogP contribution in [0.5, 0.6) is 0 Å². The molecule has 0 aromatic heterocycles. The first-order chi connectivity index (χ1) is 11.6. The third-order valence-electron chi connectivity index (χ3n) is 5.17. The van der Waals surface area contributed by atoms with E-state index in [1.54, 1.807) is 4.90 Å². The number of benzene rings is 1. The van der Waals surface area contributed by atoms with Gasteiger partial charge in [-0.25, -0.2) is 4.79 Å². The van der Waals surface area contributed by atoms with Gasteiger partial charge in [0, 0.05) is 24.5 Å². The minimum absolute atomic E-state index is 0.0140. The summed E-state index contributed by atoms with van der Waals surface area (Å²) in [5, 5.41) is 0.701. The molecule has 1 aromatic rings.